The monoisotopic (exact) mass is 569 g/mol. The lowest BCUT2D eigenvalue weighted by atomic mass is 9.94. The highest BCUT2D eigenvalue weighted by Crippen LogP contribution is 2.38. The van der Waals surface area contributed by atoms with Crippen molar-refractivity contribution in [1.82, 2.24) is 14.7 Å². The number of carbonyl (C=O) groups is 1. The maximum absolute atomic E-state index is 14.0. The van der Waals surface area contributed by atoms with Gasteiger partial charge in [0.2, 0.25) is 0 Å². The van der Waals surface area contributed by atoms with Crippen molar-refractivity contribution < 1.29 is 13.9 Å². The Morgan fingerprint density at radius 1 is 0.975 bits per heavy atom. The predicted molar refractivity (Wildman–Crippen MR) is 162 cm³/mol. The molecule has 0 radical (unpaired) electrons. The van der Waals surface area contributed by atoms with Gasteiger partial charge >= 0.3 is 0 Å². The Balaban J connectivity index is 1.29. The zero-order chi connectivity index (χ0) is 27.5. The van der Waals surface area contributed by atoms with E-state index in [1.54, 1.807) is 18.2 Å². The van der Waals surface area contributed by atoms with Crippen molar-refractivity contribution in [2.75, 3.05) is 0 Å². The molecule has 4 aromatic rings. The molecule has 40 heavy (non-hydrogen) atoms. The summed E-state index contributed by atoms with van der Waals surface area (Å²) in [5, 5.41) is 4.90. The predicted octanol–water partition coefficient (Wildman–Crippen LogP) is 7.79. The Kier molecular flexibility index (Phi) is 7.80. The first-order chi connectivity index (χ1) is 19.6. The first-order valence-corrected chi connectivity index (χ1v) is 14.7. The van der Waals surface area contributed by atoms with Crippen molar-refractivity contribution in [2.45, 2.75) is 44.8 Å². The van der Waals surface area contributed by atoms with Crippen molar-refractivity contribution >= 4 is 40.3 Å². The van der Waals surface area contributed by atoms with Crippen LogP contribution in [-0.4, -0.2) is 30.9 Å². The molecule has 1 saturated carbocycles. The Morgan fingerprint density at radius 2 is 1.70 bits per heavy atom. The summed E-state index contributed by atoms with van der Waals surface area (Å²) in [6, 6.07) is 24.2. The molecule has 0 atom stereocenters. The second-order valence-electron chi connectivity index (χ2n) is 9.96. The van der Waals surface area contributed by atoms with Gasteiger partial charge in [-0.1, -0.05) is 79.6 Å². The van der Waals surface area contributed by atoms with Crippen LogP contribution in [-0.2, 0) is 11.4 Å². The number of ether oxygens (including phenoxy) is 1. The third-order valence-electron chi connectivity index (χ3n) is 7.29. The van der Waals surface area contributed by atoms with Crippen LogP contribution >= 0.6 is 24.0 Å². The van der Waals surface area contributed by atoms with Gasteiger partial charge in [0.15, 0.2) is 0 Å². The zero-order valence-electron chi connectivity index (χ0n) is 21.8. The number of rotatable bonds is 7. The second kappa shape index (κ2) is 11.8. The van der Waals surface area contributed by atoms with E-state index in [1.807, 2.05) is 76.5 Å². The van der Waals surface area contributed by atoms with Gasteiger partial charge in [0, 0.05) is 28.9 Å². The van der Waals surface area contributed by atoms with Crippen molar-refractivity contribution in [3.63, 3.8) is 0 Å². The molecule has 1 aromatic heterocycles. The van der Waals surface area contributed by atoms with Crippen molar-refractivity contribution in [3.05, 3.63) is 107 Å². The third kappa shape index (κ3) is 5.60. The summed E-state index contributed by atoms with van der Waals surface area (Å²) in [7, 11) is 0. The molecular formula is C32H28FN3O2S2. The van der Waals surface area contributed by atoms with E-state index in [0.29, 0.717) is 20.5 Å². The smallest absolute Gasteiger partial charge is 0.266 e. The summed E-state index contributed by atoms with van der Waals surface area (Å²) in [5.41, 5.74) is 3.87. The SMILES string of the molecule is O=C1C(=Cc2cn(-c3ccccc3)nc2-c2ccc(OCc3ccccc3F)cc2)SC(=S)N1C1CCCCC1. The molecule has 0 unspecified atom stereocenters. The van der Waals surface area contributed by atoms with E-state index in [-0.39, 0.29) is 24.4 Å². The molecule has 0 N–H and O–H groups in total. The second-order valence-corrected chi connectivity index (χ2v) is 11.6. The molecule has 2 fully saturated rings. The van der Waals surface area contributed by atoms with Crippen LogP contribution in [0.1, 0.15) is 43.2 Å². The van der Waals surface area contributed by atoms with Crippen molar-refractivity contribution in [2.24, 2.45) is 0 Å². The van der Waals surface area contributed by atoms with Crippen LogP contribution in [0.4, 0.5) is 4.39 Å². The molecule has 1 aliphatic carbocycles. The van der Waals surface area contributed by atoms with Gasteiger partial charge < -0.3 is 4.74 Å². The number of aromatic nitrogens is 2. The number of benzene rings is 3. The van der Waals surface area contributed by atoms with Gasteiger partial charge in [0.25, 0.3) is 5.91 Å². The van der Waals surface area contributed by atoms with Crippen LogP contribution in [0.2, 0.25) is 0 Å². The Morgan fingerprint density at radius 3 is 2.45 bits per heavy atom. The van der Waals surface area contributed by atoms with Crippen LogP contribution in [0.15, 0.2) is 90.0 Å². The molecule has 3 aromatic carbocycles. The number of para-hydroxylation sites is 1. The molecule has 202 valence electrons. The Labute approximate surface area is 242 Å². The van der Waals surface area contributed by atoms with E-state index in [1.165, 1.54) is 24.2 Å². The molecule has 6 rings (SSSR count). The number of halogens is 1. The number of amides is 1. The molecule has 0 bridgehead atoms. The number of thioether (sulfide) groups is 1. The molecule has 1 amide bonds. The van der Waals surface area contributed by atoms with E-state index in [2.05, 4.69) is 0 Å². The van der Waals surface area contributed by atoms with Crippen LogP contribution in [0.25, 0.3) is 23.0 Å². The van der Waals surface area contributed by atoms with Crippen molar-refractivity contribution in [1.29, 1.82) is 0 Å². The molecule has 2 heterocycles. The van der Waals surface area contributed by atoms with Gasteiger partial charge in [-0.15, -0.1) is 0 Å². The zero-order valence-corrected chi connectivity index (χ0v) is 23.5. The third-order valence-corrected chi connectivity index (χ3v) is 8.62. The van der Waals surface area contributed by atoms with Crippen LogP contribution in [0.3, 0.4) is 0 Å². The average Bonchev–Trinajstić information content (AvgIpc) is 3.53. The minimum absolute atomic E-state index is 0.0165. The van der Waals surface area contributed by atoms with E-state index >= 15 is 0 Å². The number of hydrogen-bond donors (Lipinski definition) is 0. The summed E-state index contributed by atoms with van der Waals surface area (Å²) in [5.74, 6) is 0.325. The fraction of sp³-hybridized carbons (Fsp3) is 0.219. The maximum Gasteiger partial charge on any atom is 0.266 e. The summed E-state index contributed by atoms with van der Waals surface area (Å²) in [6.07, 6.45) is 9.34. The lowest BCUT2D eigenvalue weighted by molar-refractivity contribution is -0.124. The van der Waals surface area contributed by atoms with Gasteiger partial charge in [-0.05, 0) is 61.4 Å². The van der Waals surface area contributed by atoms with Gasteiger partial charge in [-0.25, -0.2) is 9.07 Å². The highest BCUT2D eigenvalue weighted by molar-refractivity contribution is 8.26. The summed E-state index contributed by atoms with van der Waals surface area (Å²) < 4.78 is 22.3. The van der Waals surface area contributed by atoms with E-state index in [9.17, 15) is 9.18 Å². The van der Waals surface area contributed by atoms with Gasteiger partial charge in [-0.3, -0.25) is 9.69 Å². The highest BCUT2D eigenvalue weighted by atomic mass is 32.2. The number of carbonyl (C=O) groups excluding carboxylic acids is 1. The minimum atomic E-state index is -0.288. The normalized spacial score (nSPS) is 17.1. The van der Waals surface area contributed by atoms with Crippen LogP contribution < -0.4 is 4.74 Å². The highest BCUT2D eigenvalue weighted by Gasteiger charge is 2.37. The number of nitrogens with zero attached hydrogens (tertiary/aromatic N) is 3. The molecule has 2 aliphatic rings. The van der Waals surface area contributed by atoms with Crippen LogP contribution in [0, 0.1) is 5.82 Å². The Hall–Kier alpha value is -3.75. The van der Waals surface area contributed by atoms with Gasteiger partial charge in [-0.2, -0.15) is 5.10 Å². The maximum atomic E-state index is 14.0. The average molecular weight is 570 g/mol. The molecule has 5 nitrogen and oxygen atoms in total. The van der Waals surface area contributed by atoms with E-state index in [4.69, 9.17) is 22.1 Å². The Bertz CT molecular complexity index is 1560. The van der Waals surface area contributed by atoms with E-state index in [0.717, 1.165) is 48.2 Å². The quantitative estimate of drug-likeness (QED) is 0.168. The number of thiocarbonyl (C=S) groups is 1. The summed E-state index contributed by atoms with van der Waals surface area (Å²) >= 11 is 7.02. The first kappa shape index (κ1) is 26.5. The molecular weight excluding hydrogens is 542 g/mol. The van der Waals surface area contributed by atoms with E-state index < -0.39 is 0 Å². The molecule has 1 aliphatic heterocycles. The fourth-order valence-corrected chi connectivity index (χ4v) is 6.58. The van der Waals surface area contributed by atoms with Crippen LogP contribution in [0.5, 0.6) is 5.75 Å². The first-order valence-electron chi connectivity index (χ1n) is 13.5. The lowest BCUT2D eigenvalue weighted by Gasteiger charge is -2.29. The van der Waals surface area contributed by atoms with Gasteiger partial charge in [0.05, 0.1) is 16.3 Å². The fourth-order valence-electron chi connectivity index (χ4n) is 5.19. The largest absolute Gasteiger partial charge is 0.489 e. The summed E-state index contributed by atoms with van der Waals surface area (Å²) in [4.78, 5) is 15.9. The molecule has 8 heteroatoms. The minimum Gasteiger partial charge on any atom is -0.489 e. The number of hydrogen-bond acceptors (Lipinski definition) is 5. The van der Waals surface area contributed by atoms with Gasteiger partial charge in [0.1, 0.15) is 22.5 Å². The summed E-state index contributed by atoms with van der Waals surface area (Å²) in [6.45, 7) is 0.142. The topological polar surface area (TPSA) is 47.4 Å². The van der Waals surface area contributed by atoms with Crippen molar-refractivity contribution in [3.8, 4) is 22.7 Å². The standard InChI is InChI=1S/C32H28FN3O2S2/c33-28-14-8-7-9-23(28)21-38-27-17-15-22(16-18-27)30-24(20-35(34-30)25-10-3-1-4-11-25)19-29-31(37)36(32(39)40-29)26-12-5-2-6-13-26/h1,3-4,7-11,14-20,26H,2,5-6,12-13,21H2. The molecule has 0 spiro atoms. The molecule has 1 saturated heterocycles. The lowest BCUT2D eigenvalue weighted by Crippen LogP contribution is -2.39.